The van der Waals surface area contributed by atoms with Gasteiger partial charge in [0.25, 0.3) is 0 Å². The molecular weight excluding hydrogens is 288 g/mol. The van der Waals surface area contributed by atoms with Crippen LogP contribution in [0.1, 0.15) is 38.9 Å². The van der Waals surface area contributed by atoms with E-state index in [1.54, 1.807) is 0 Å². The van der Waals surface area contributed by atoms with Gasteiger partial charge in [-0.15, -0.1) is 0 Å². The first-order chi connectivity index (χ1) is 9.93. The minimum atomic E-state index is -0.346. The fourth-order valence-corrected chi connectivity index (χ4v) is 2.68. The van der Waals surface area contributed by atoms with Crippen LogP contribution >= 0.6 is 11.6 Å². The first-order valence-electron chi connectivity index (χ1n) is 7.22. The lowest BCUT2D eigenvalue weighted by atomic mass is 9.96. The molecule has 0 saturated heterocycles. The second kappa shape index (κ2) is 6.48. The lowest BCUT2D eigenvalue weighted by Crippen LogP contribution is -2.21. The summed E-state index contributed by atoms with van der Waals surface area (Å²) in [5.41, 5.74) is 1.77. The average molecular weight is 309 g/mol. The summed E-state index contributed by atoms with van der Waals surface area (Å²) in [6, 6.07) is 5.55. The van der Waals surface area contributed by atoms with E-state index in [1.807, 2.05) is 36.7 Å². The smallest absolute Gasteiger partial charge is 0.316 e. The van der Waals surface area contributed by atoms with E-state index in [4.69, 9.17) is 16.3 Å². The Hall–Kier alpha value is -1.55. The highest BCUT2D eigenvalue weighted by molar-refractivity contribution is 6.31. The van der Waals surface area contributed by atoms with Crippen LogP contribution in [0.15, 0.2) is 18.2 Å². The van der Waals surface area contributed by atoms with Crippen molar-refractivity contribution in [2.75, 3.05) is 6.61 Å². The predicted molar refractivity (Wildman–Crippen MR) is 84.6 cm³/mol. The molecule has 0 bridgehead atoms. The van der Waals surface area contributed by atoms with Gasteiger partial charge in [0.15, 0.2) is 0 Å². The molecule has 0 spiro atoms. The van der Waals surface area contributed by atoms with Crippen LogP contribution in [0, 0.1) is 5.92 Å². The number of esters is 1. The van der Waals surface area contributed by atoms with Crippen LogP contribution in [0.2, 0.25) is 5.02 Å². The lowest BCUT2D eigenvalue weighted by Gasteiger charge is -2.17. The van der Waals surface area contributed by atoms with Crippen LogP contribution < -0.4 is 0 Å². The van der Waals surface area contributed by atoms with E-state index in [-0.39, 0.29) is 11.9 Å². The monoisotopic (exact) mass is 308 g/mol. The molecule has 114 valence electrons. The Morgan fingerprint density at radius 1 is 1.43 bits per heavy atom. The number of fused-ring (bicyclic) bond motifs is 1. The van der Waals surface area contributed by atoms with E-state index < -0.39 is 0 Å². The highest BCUT2D eigenvalue weighted by Crippen LogP contribution is 2.28. The van der Waals surface area contributed by atoms with E-state index in [1.165, 1.54) is 0 Å². The Balaban J connectivity index is 2.48. The number of hydrogen-bond donors (Lipinski definition) is 0. The molecule has 0 aliphatic rings. The van der Waals surface area contributed by atoms with Crippen molar-refractivity contribution in [3.63, 3.8) is 0 Å². The van der Waals surface area contributed by atoms with E-state index in [0.29, 0.717) is 24.0 Å². The predicted octanol–water partition coefficient (Wildman–Crippen LogP) is 3.92. The van der Waals surface area contributed by atoms with Gasteiger partial charge in [0.05, 0.1) is 17.6 Å². The molecule has 0 fully saturated rings. The van der Waals surface area contributed by atoms with Crippen molar-refractivity contribution in [2.45, 2.75) is 33.1 Å². The van der Waals surface area contributed by atoms with Crippen molar-refractivity contribution in [3.8, 4) is 0 Å². The molecule has 2 aromatic rings. The van der Waals surface area contributed by atoms with Crippen molar-refractivity contribution in [2.24, 2.45) is 13.0 Å². The Morgan fingerprint density at radius 3 is 2.76 bits per heavy atom. The van der Waals surface area contributed by atoms with Crippen molar-refractivity contribution >= 4 is 28.6 Å². The number of carbonyl (C=O) groups is 1. The Morgan fingerprint density at radius 2 is 2.14 bits per heavy atom. The number of halogens is 1. The van der Waals surface area contributed by atoms with Gasteiger partial charge in [-0.3, -0.25) is 4.79 Å². The molecule has 0 amide bonds. The molecule has 2 rings (SSSR count). The number of rotatable bonds is 5. The zero-order chi connectivity index (χ0) is 15.6. The van der Waals surface area contributed by atoms with Crippen LogP contribution in [0.25, 0.3) is 11.0 Å². The molecule has 1 atom stereocenters. The number of imidazole rings is 1. The summed E-state index contributed by atoms with van der Waals surface area (Å²) < 4.78 is 7.15. The molecule has 21 heavy (non-hydrogen) atoms. The molecule has 0 radical (unpaired) electrons. The topological polar surface area (TPSA) is 44.1 Å². The molecule has 1 heterocycles. The fraction of sp³-hybridized carbons (Fsp3) is 0.500. The number of hydrogen-bond acceptors (Lipinski definition) is 3. The van der Waals surface area contributed by atoms with E-state index in [0.717, 1.165) is 16.9 Å². The third-order valence-corrected chi connectivity index (χ3v) is 3.70. The van der Waals surface area contributed by atoms with Gasteiger partial charge >= 0.3 is 5.97 Å². The molecule has 4 nitrogen and oxygen atoms in total. The summed E-state index contributed by atoms with van der Waals surface area (Å²) in [6.45, 7) is 6.37. The Kier molecular flexibility index (Phi) is 4.88. The van der Waals surface area contributed by atoms with Crippen molar-refractivity contribution in [1.82, 2.24) is 9.55 Å². The van der Waals surface area contributed by atoms with Crippen LogP contribution in [-0.4, -0.2) is 22.1 Å². The number of ether oxygens (including phenoxy) is 1. The number of aromatic nitrogens is 2. The number of nitrogens with zero attached hydrogens (tertiary/aromatic N) is 2. The Bertz CT molecular complexity index is 649. The first-order valence-corrected chi connectivity index (χ1v) is 7.60. The number of carbonyl (C=O) groups excluding carboxylic acids is 1. The minimum absolute atomic E-state index is 0.212. The second-order valence-electron chi connectivity index (χ2n) is 5.60. The van der Waals surface area contributed by atoms with Crippen molar-refractivity contribution in [1.29, 1.82) is 0 Å². The number of benzene rings is 1. The van der Waals surface area contributed by atoms with E-state index >= 15 is 0 Å². The van der Waals surface area contributed by atoms with Crippen LogP contribution in [0.5, 0.6) is 0 Å². The van der Waals surface area contributed by atoms with Gasteiger partial charge in [-0.1, -0.05) is 25.4 Å². The SMILES string of the molecule is CCOC(=O)C(CC(C)C)c1nc2ccc(Cl)cc2n1C. The van der Waals surface area contributed by atoms with Crippen molar-refractivity contribution in [3.05, 3.63) is 29.0 Å². The van der Waals surface area contributed by atoms with Gasteiger partial charge in [0.1, 0.15) is 11.7 Å². The van der Waals surface area contributed by atoms with Gasteiger partial charge in [-0.2, -0.15) is 0 Å². The van der Waals surface area contributed by atoms with Gasteiger partial charge in [0, 0.05) is 12.1 Å². The summed E-state index contributed by atoms with van der Waals surface area (Å²) >= 11 is 6.04. The van der Waals surface area contributed by atoms with Gasteiger partial charge < -0.3 is 9.30 Å². The maximum absolute atomic E-state index is 12.3. The fourth-order valence-electron chi connectivity index (χ4n) is 2.51. The van der Waals surface area contributed by atoms with Crippen LogP contribution in [0.3, 0.4) is 0 Å². The maximum atomic E-state index is 12.3. The molecule has 1 aromatic carbocycles. The van der Waals surface area contributed by atoms with Crippen LogP contribution in [0.4, 0.5) is 0 Å². The molecule has 1 aromatic heterocycles. The first kappa shape index (κ1) is 15.8. The molecule has 0 N–H and O–H groups in total. The molecule has 5 heteroatoms. The quantitative estimate of drug-likeness (QED) is 0.786. The summed E-state index contributed by atoms with van der Waals surface area (Å²) in [5, 5.41) is 0.661. The van der Waals surface area contributed by atoms with Crippen molar-refractivity contribution < 1.29 is 9.53 Å². The molecular formula is C16H21ClN2O2. The third kappa shape index (κ3) is 3.38. The average Bonchev–Trinajstić information content (AvgIpc) is 2.73. The molecule has 0 aliphatic heterocycles. The standard InChI is InChI=1S/C16H21ClN2O2/c1-5-21-16(20)12(8-10(2)3)15-18-13-7-6-11(17)9-14(13)19(15)4/h6-7,9-10,12H,5,8H2,1-4H3. The second-order valence-corrected chi connectivity index (χ2v) is 6.03. The molecule has 1 unspecified atom stereocenters. The van der Waals surface area contributed by atoms with Gasteiger partial charge in [0.2, 0.25) is 0 Å². The lowest BCUT2D eigenvalue weighted by molar-refractivity contribution is -0.145. The largest absolute Gasteiger partial charge is 0.465 e. The zero-order valence-corrected chi connectivity index (χ0v) is 13.6. The van der Waals surface area contributed by atoms with Crippen LogP contribution in [-0.2, 0) is 16.6 Å². The maximum Gasteiger partial charge on any atom is 0.316 e. The third-order valence-electron chi connectivity index (χ3n) is 3.47. The van der Waals surface area contributed by atoms with E-state index in [9.17, 15) is 4.79 Å². The van der Waals surface area contributed by atoms with Gasteiger partial charge in [-0.05, 0) is 37.5 Å². The Labute approximate surface area is 130 Å². The number of aryl methyl sites for hydroxylation is 1. The highest BCUT2D eigenvalue weighted by atomic mass is 35.5. The van der Waals surface area contributed by atoms with E-state index in [2.05, 4.69) is 18.8 Å². The molecule has 0 saturated carbocycles. The highest BCUT2D eigenvalue weighted by Gasteiger charge is 2.28. The summed E-state index contributed by atoms with van der Waals surface area (Å²) in [7, 11) is 1.91. The molecule has 0 aliphatic carbocycles. The minimum Gasteiger partial charge on any atom is -0.465 e. The van der Waals surface area contributed by atoms with Gasteiger partial charge in [-0.25, -0.2) is 4.98 Å². The summed E-state index contributed by atoms with van der Waals surface area (Å²) in [5.74, 6) is 0.555. The normalized spacial score (nSPS) is 12.9. The summed E-state index contributed by atoms with van der Waals surface area (Å²) in [4.78, 5) is 16.9. The zero-order valence-electron chi connectivity index (χ0n) is 12.9. The summed E-state index contributed by atoms with van der Waals surface area (Å²) in [6.07, 6.45) is 0.712.